The summed E-state index contributed by atoms with van der Waals surface area (Å²) in [5, 5.41) is 6.78. The van der Waals surface area contributed by atoms with Crippen molar-refractivity contribution < 1.29 is 9.18 Å². The van der Waals surface area contributed by atoms with E-state index in [0.29, 0.717) is 22.7 Å². The lowest BCUT2D eigenvalue weighted by atomic mass is 10.1. The molecule has 0 fully saturated rings. The largest absolute Gasteiger partial charge is 0.347 e. The minimum atomic E-state index is -0.337. The van der Waals surface area contributed by atoms with E-state index in [9.17, 15) is 9.18 Å². The summed E-state index contributed by atoms with van der Waals surface area (Å²) in [7, 11) is 0. The molecule has 0 atom stereocenters. The summed E-state index contributed by atoms with van der Waals surface area (Å²) in [6, 6.07) is 9.45. The maximum absolute atomic E-state index is 13.0. The Kier molecular flexibility index (Phi) is 4.15. The lowest BCUT2D eigenvalue weighted by molar-refractivity contribution is 0.0955. The molecule has 3 rings (SSSR count). The fourth-order valence-corrected chi connectivity index (χ4v) is 2.50. The van der Waals surface area contributed by atoms with E-state index in [-0.39, 0.29) is 11.7 Å². The molecule has 0 unspecified atom stereocenters. The predicted molar refractivity (Wildman–Crippen MR) is 80.7 cm³/mol. The Morgan fingerprint density at radius 3 is 2.59 bits per heavy atom. The lowest BCUT2D eigenvalue weighted by Crippen LogP contribution is -2.22. The molecule has 2 heterocycles. The van der Waals surface area contributed by atoms with Gasteiger partial charge in [-0.05, 0) is 53.5 Å². The van der Waals surface area contributed by atoms with Crippen LogP contribution in [0.5, 0.6) is 0 Å². The molecule has 7 heteroatoms. The van der Waals surface area contributed by atoms with Gasteiger partial charge in [0, 0.05) is 24.5 Å². The number of carbonyl (C=O) groups excluding carboxylic acids is 1. The van der Waals surface area contributed by atoms with E-state index < -0.39 is 0 Å². The van der Waals surface area contributed by atoms with Gasteiger partial charge in [0.1, 0.15) is 16.4 Å². The van der Waals surface area contributed by atoms with Gasteiger partial charge >= 0.3 is 0 Å². The Morgan fingerprint density at radius 1 is 1.14 bits per heavy atom. The number of nitrogens with one attached hydrogen (secondary N) is 1. The molecule has 3 aromatic rings. The van der Waals surface area contributed by atoms with Gasteiger partial charge in [-0.1, -0.05) is 4.49 Å². The average Bonchev–Trinajstić information content (AvgIpc) is 3.04. The predicted octanol–water partition coefficient (Wildman–Crippen LogP) is 2.67. The summed E-state index contributed by atoms with van der Waals surface area (Å²) >= 11 is 1.01. The van der Waals surface area contributed by atoms with Gasteiger partial charge in [0.05, 0.1) is 0 Å². The van der Waals surface area contributed by atoms with Crippen LogP contribution in [-0.4, -0.2) is 20.5 Å². The molecule has 1 aromatic carbocycles. The second-order valence-corrected chi connectivity index (χ2v) is 5.25. The van der Waals surface area contributed by atoms with Gasteiger partial charge in [-0.25, -0.2) is 4.39 Å². The van der Waals surface area contributed by atoms with Crippen molar-refractivity contribution in [1.82, 2.24) is 19.9 Å². The highest BCUT2D eigenvalue weighted by Crippen LogP contribution is 2.24. The van der Waals surface area contributed by atoms with Gasteiger partial charge in [0.15, 0.2) is 0 Å². The number of hydrogen-bond acceptors (Lipinski definition) is 5. The van der Waals surface area contributed by atoms with Crippen LogP contribution in [0.25, 0.3) is 11.3 Å². The standard InChI is InChI=1S/C15H11FN4OS/c16-12-3-1-11(2-4-12)13-14(22-20-19-13)15(21)18-9-10-5-7-17-8-6-10/h1-8H,9H2,(H,18,21). The van der Waals surface area contributed by atoms with Gasteiger partial charge in [0.25, 0.3) is 5.91 Å². The molecule has 1 amide bonds. The molecule has 22 heavy (non-hydrogen) atoms. The Hall–Kier alpha value is -2.67. The van der Waals surface area contributed by atoms with E-state index in [2.05, 4.69) is 19.9 Å². The van der Waals surface area contributed by atoms with Gasteiger partial charge in [-0.3, -0.25) is 9.78 Å². The zero-order valence-electron chi connectivity index (χ0n) is 11.4. The number of aromatic nitrogens is 3. The molecule has 0 bridgehead atoms. The van der Waals surface area contributed by atoms with E-state index >= 15 is 0 Å². The third-order valence-electron chi connectivity index (χ3n) is 3.01. The van der Waals surface area contributed by atoms with Crippen molar-refractivity contribution in [3.05, 3.63) is 65.0 Å². The van der Waals surface area contributed by atoms with Crippen LogP contribution in [0.2, 0.25) is 0 Å². The highest BCUT2D eigenvalue weighted by Gasteiger charge is 2.17. The smallest absolute Gasteiger partial charge is 0.265 e. The Bertz CT molecular complexity index is 774. The van der Waals surface area contributed by atoms with Crippen molar-refractivity contribution in [3.63, 3.8) is 0 Å². The van der Waals surface area contributed by atoms with Crippen LogP contribution in [-0.2, 0) is 6.54 Å². The molecule has 0 spiro atoms. The molecule has 0 aliphatic heterocycles. The van der Waals surface area contributed by atoms with Crippen molar-refractivity contribution in [2.24, 2.45) is 0 Å². The van der Waals surface area contributed by atoms with Crippen LogP contribution >= 0.6 is 11.5 Å². The summed E-state index contributed by atoms with van der Waals surface area (Å²) in [5.41, 5.74) is 2.06. The van der Waals surface area contributed by atoms with E-state index in [1.807, 2.05) is 12.1 Å². The maximum atomic E-state index is 13.0. The van der Waals surface area contributed by atoms with E-state index in [4.69, 9.17) is 0 Å². The van der Waals surface area contributed by atoms with Crippen LogP contribution < -0.4 is 5.32 Å². The SMILES string of the molecule is O=C(NCc1ccncc1)c1snnc1-c1ccc(F)cc1. The van der Waals surface area contributed by atoms with Gasteiger partial charge in [-0.2, -0.15) is 0 Å². The molecule has 2 aromatic heterocycles. The molecule has 1 N–H and O–H groups in total. The van der Waals surface area contributed by atoms with Crippen molar-refractivity contribution in [2.75, 3.05) is 0 Å². The van der Waals surface area contributed by atoms with Crippen LogP contribution in [0, 0.1) is 5.82 Å². The molecule has 0 radical (unpaired) electrons. The van der Waals surface area contributed by atoms with Crippen molar-refractivity contribution in [1.29, 1.82) is 0 Å². The summed E-state index contributed by atoms with van der Waals surface area (Å²) < 4.78 is 16.8. The van der Waals surface area contributed by atoms with E-state index in [0.717, 1.165) is 17.1 Å². The highest BCUT2D eigenvalue weighted by molar-refractivity contribution is 7.08. The zero-order chi connectivity index (χ0) is 15.4. The Morgan fingerprint density at radius 2 is 1.86 bits per heavy atom. The molecule has 0 aliphatic rings. The number of rotatable bonds is 4. The molecule has 5 nitrogen and oxygen atoms in total. The maximum Gasteiger partial charge on any atom is 0.265 e. The number of halogens is 1. The van der Waals surface area contributed by atoms with Gasteiger partial charge < -0.3 is 5.32 Å². The lowest BCUT2D eigenvalue weighted by Gasteiger charge is -2.04. The monoisotopic (exact) mass is 314 g/mol. The van der Waals surface area contributed by atoms with Crippen molar-refractivity contribution >= 4 is 17.4 Å². The fourth-order valence-electron chi connectivity index (χ4n) is 1.90. The Labute approximate surface area is 130 Å². The summed E-state index contributed by atoms with van der Waals surface area (Å²) in [6.45, 7) is 0.391. The first kappa shape index (κ1) is 14.3. The first-order valence-corrected chi connectivity index (χ1v) is 7.27. The fraction of sp³-hybridized carbons (Fsp3) is 0.0667. The van der Waals surface area contributed by atoms with Crippen molar-refractivity contribution in [2.45, 2.75) is 6.54 Å². The molecule has 0 saturated carbocycles. The normalized spacial score (nSPS) is 10.4. The molecular weight excluding hydrogens is 303 g/mol. The third-order valence-corrected chi connectivity index (χ3v) is 3.74. The van der Waals surface area contributed by atoms with Crippen molar-refractivity contribution in [3.8, 4) is 11.3 Å². The molecule has 0 aliphatic carbocycles. The number of carbonyl (C=O) groups is 1. The number of pyridine rings is 1. The summed E-state index contributed by atoms with van der Waals surface area (Å²) in [6.07, 6.45) is 3.33. The average molecular weight is 314 g/mol. The summed E-state index contributed by atoms with van der Waals surface area (Å²) in [4.78, 5) is 16.6. The molecule has 110 valence electrons. The summed E-state index contributed by atoms with van der Waals surface area (Å²) in [5.74, 6) is -0.596. The van der Waals surface area contributed by atoms with E-state index in [1.54, 1.807) is 24.5 Å². The zero-order valence-corrected chi connectivity index (χ0v) is 12.2. The number of hydrogen-bond donors (Lipinski definition) is 1. The number of nitrogens with zero attached hydrogens (tertiary/aromatic N) is 3. The first-order valence-electron chi connectivity index (χ1n) is 6.49. The Balaban J connectivity index is 1.76. The topological polar surface area (TPSA) is 67.8 Å². The minimum Gasteiger partial charge on any atom is -0.347 e. The third kappa shape index (κ3) is 3.15. The quantitative estimate of drug-likeness (QED) is 0.804. The number of benzene rings is 1. The second-order valence-electron chi connectivity index (χ2n) is 4.50. The minimum absolute atomic E-state index is 0.258. The second kappa shape index (κ2) is 6.40. The highest BCUT2D eigenvalue weighted by atomic mass is 32.1. The van der Waals surface area contributed by atoms with Gasteiger partial charge in [-0.15, -0.1) is 5.10 Å². The van der Waals surface area contributed by atoms with Crippen LogP contribution in [0.4, 0.5) is 4.39 Å². The van der Waals surface area contributed by atoms with Crippen LogP contribution in [0.3, 0.4) is 0 Å². The number of amides is 1. The van der Waals surface area contributed by atoms with Crippen LogP contribution in [0.15, 0.2) is 48.8 Å². The van der Waals surface area contributed by atoms with Gasteiger partial charge in [0.2, 0.25) is 0 Å². The molecule has 0 saturated heterocycles. The molecular formula is C15H11FN4OS. The van der Waals surface area contributed by atoms with Crippen LogP contribution in [0.1, 0.15) is 15.2 Å². The first-order chi connectivity index (χ1) is 10.7. The van der Waals surface area contributed by atoms with E-state index in [1.165, 1.54) is 12.1 Å².